The lowest BCUT2D eigenvalue weighted by Crippen LogP contribution is -2.20. The molecule has 2 heterocycles. The van der Waals surface area contributed by atoms with E-state index >= 15 is 0 Å². The first-order valence-electron chi connectivity index (χ1n) is 7.63. The zero-order chi connectivity index (χ0) is 18.7. The molecule has 26 heavy (non-hydrogen) atoms. The van der Waals surface area contributed by atoms with Crippen molar-refractivity contribution in [3.8, 4) is 11.3 Å². The lowest BCUT2D eigenvalue weighted by Gasteiger charge is -2.10. The summed E-state index contributed by atoms with van der Waals surface area (Å²) in [6.45, 7) is 1.46. The van der Waals surface area contributed by atoms with Crippen molar-refractivity contribution in [2.24, 2.45) is 0 Å². The van der Waals surface area contributed by atoms with Crippen LogP contribution in [0.1, 0.15) is 12.7 Å². The first-order chi connectivity index (χ1) is 12.4. The Morgan fingerprint density at radius 2 is 1.92 bits per heavy atom. The molecule has 0 N–H and O–H groups in total. The Bertz CT molecular complexity index is 874. The van der Waals surface area contributed by atoms with Crippen molar-refractivity contribution in [3.05, 3.63) is 40.8 Å². The number of alkyl halides is 3. The van der Waals surface area contributed by atoms with E-state index in [4.69, 9.17) is 0 Å². The number of hydrogen-bond acceptors (Lipinski definition) is 5. The second-order valence-corrected chi connectivity index (χ2v) is 7.19. The minimum atomic E-state index is -4.37. The van der Waals surface area contributed by atoms with E-state index in [-0.39, 0.29) is 11.6 Å². The third kappa shape index (κ3) is 4.44. The molecule has 3 aromatic rings. The van der Waals surface area contributed by atoms with Crippen molar-refractivity contribution in [1.29, 1.82) is 0 Å². The summed E-state index contributed by atoms with van der Waals surface area (Å²) in [6, 6.07) is 7.85. The number of benzene rings is 1. The van der Waals surface area contributed by atoms with E-state index in [1.807, 2.05) is 35.8 Å². The molecule has 0 bridgehead atoms. The van der Waals surface area contributed by atoms with Gasteiger partial charge in [-0.15, -0.1) is 5.10 Å². The van der Waals surface area contributed by atoms with Crippen molar-refractivity contribution in [1.82, 2.24) is 29.8 Å². The number of rotatable bonds is 6. The zero-order valence-electron chi connectivity index (χ0n) is 13.6. The molecule has 0 fully saturated rings. The van der Waals surface area contributed by atoms with E-state index in [1.165, 1.54) is 11.8 Å². The van der Waals surface area contributed by atoms with Crippen LogP contribution in [0.2, 0.25) is 0 Å². The fourth-order valence-corrected chi connectivity index (χ4v) is 3.62. The van der Waals surface area contributed by atoms with Gasteiger partial charge in [-0.25, -0.2) is 9.67 Å². The first-order valence-corrected chi connectivity index (χ1v) is 9.41. The summed E-state index contributed by atoms with van der Waals surface area (Å²) in [6.07, 6.45) is -2.61. The van der Waals surface area contributed by atoms with Crippen LogP contribution >= 0.6 is 27.7 Å². The normalized spacial score (nSPS) is 11.9. The van der Waals surface area contributed by atoms with E-state index in [9.17, 15) is 13.2 Å². The van der Waals surface area contributed by atoms with Gasteiger partial charge < -0.3 is 4.57 Å². The molecule has 0 aliphatic rings. The Balaban J connectivity index is 1.77. The van der Waals surface area contributed by atoms with Crippen LogP contribution in [-0.4, -0.2) is 35.9 Å². The molecule has 0 saturated heterocycles. The molecule has 11 heteroatoms. The third-order valence-corrected chi connectivity index (χ3v) is 5.06. The maximum Gasteiger partial charge on any atom is 0.408 e. The summed E-state index contributed by atoms with van der Waals surface area (Å²) in [4.78, 5) is 4.40. The lowest BCUT2D eigenvalue weighted by molar-refractivity contribution is -0.143. The molecule has 2 aromatic heterocycles. The van der Waals surface area contributed by atoms with Gasteiger partial charge in [0.1, 0.15) is 6.54 Å². The monoisotopic (exact) mass is 446 g/mol. The van der Waals surface area contributed by atoms with Crippen LogP contribution in [0.4, 0.5) is 13.2 Å². The van der Waals surface area contributed by atoms with Gasteiger partial charge in [-0.2, -0.15) is 13.2 Å². The van der Waals surface area contributed by atoms with Gasteiger partial charge in [0, 0.05) is 11.0 Å². The predicted octanol–water partition coefficient (Wildman–Crippen LogP) is 4.17. The standard InChI is InChI=1S/C15H14BrF3N6S/c1-2-24-12(10-3-5-11(16)6-4-10)7-20-14(24)26-8-13-21-22-23-25(13)9-15(17,18)19/h3-7H,2,8-9H2,1H3. The van der Waals surface area contributed by atoms with E-state index in [1.54, 1.807) is 6.20 Å². The summed E-state index contributed by atoms with van der Waals surface area (Å²) in [5.41, 5.74) is 1.95. The highest BCUT2D eigenvalue weighted by Gasteiger charge is 2.30. The number of thioether (sulfide) groups is 1. The predicted molar refractivity (Wildman–Crippen MR) is 94.5 cm³/mol. The Labute approximate surface area is 159 Å². The van der Waals surface area contributed by atoms with Gasteiger partial charge in [-0.05, 0) is 35.0 Å². The minimum Gasteiger partial charge on any atom is -0.319 e. The van der Waals surface area contributed by atoms with Gasteiger partial charge in [-0.3, -0.25) is 0 Å². The summed E-state index contributed by atoms with van der Waals surface area (Å²) < 4.78 is 41.4. The molecule has 0 spiro atoms. The smallest absolute Gasteiger partial charge is 0.319 e. The quantitative estimate of drug-likeness (QED) is 0.531. The molecule has 0 saturated carbocycles. The first kappa shape index (κ1) is 18.9. The number of nitrogens with zero attached hydrogens (tertiary/aromatic N) is 6. The average Bonchev–Trinajstić information content (AvgIpc) is 3.18. The van der Waals surface area contributed by atoms with Crippen LogP contribution in [0.5, 0.6) is 0 Å². The van der Waals surface area contributed by atoms with Crippen LogP contribution < -0.4 is 0 Å². The van der Waals surface area contributed by atoms with Crippen LogP contribution in [-0.2, 0) is 18.8 Å². The Morgan fingerprint density at radius 3 is 2.58 bits per heavy atom. The molecule has 0 aliphatic carbocycles. The van der Waals surface area contributed by atoms with Gasteiger partial charge in [0.15, 0.2) is 11.0 Å². The van der Waals surface area contributed by atoms with Crippen LogP contribution in [0.15, 0.2) is 40.1 Å². The van der Waals surface area contributed by atoms with Gasteiger partial charge in [0.2, 0.25) is 0 Å². The molecule has 0 atom stereocenters. The number of imidazole rings is 1. The second-order valence-electron chi connectivity index (χ2n) is 5.33. The van der Waals surface area contributed by atoms with E-state index in [0.717, 1.165) is 20.4 Å². The summed E-state index contributed by atoms with van der Waals surface area (Å²) in [7, 11) is 0. The molecule has 0 amide bonds. The van der Waals surface area contributed by atoms with Gasteiger partial charge in [-0.1, -0.05) is 39.8 Å². The summed E-state index contributed by atoms with van der Waals surface area (Å²) in [5.74, 6) is 0.350. The minimum absolute atomic E-state index is 0.156. The van der Waals surface area contributed by atoms with Crippen LogP contribution in [0.3, 0.4) is 0 Å². The van der Waals surface area contributed by atoms with E-state index < -0.39 is 12.7 Å². The number of halogens is 4. The van der Waals surface area contributed by atoms with Gasteiger partial charge >= 0.3 is 6.18 Å². The number of aromatic nitrogens is 6. The Hall–Kier alpha value is -1.88. The van der Waals surface area contributed by atoms with Crippen molar-refractivity contribution < 1.29 is 13.2 Å². The molecule has 3 rings (SSSR count). The van der Waals surface area contributed by atoms with Gasteiger partial charge in [0.05, 0.1) is 17.6 Å². The largest absolute Gasteiger partial charge is 0.408 e. The highest BCUT2D eigenvalue weighted by atomic mass is 79.9. The van der Waals surface area contributed by atoms with Crippen molar-refractivity contribution in [2.75, 3.05) is 0 Å². The summed E-state index contributed by atoms with van der Waals surface area (Å²) >= 11 is 4.71. The fraction of sp³-hybridized carbons (Fsp3) is 0.333. The molecule has 1 aromatic carbocycles. The van der Waals surface area contributed by atoms with E-state index in [0.29, 0.717) is 11.7 Å². The van der Waals surface area contributed by atoms with Gasteiger partial charge in [0.25, 0.3) is 0 Å². The lowest BCUT2D eigenvalue weighted by atomic mass is 10.2. The maximum atomic E-state index is 12.6. The van der Waals surface area contributed by atoms with E-state index in [2.05, 4.69) is 36.4 Å². The molecule has 0 unspecified atom stereocenters. The molecule has 6 nitrogen and oxygen atoms in total. The molecular formula is C15H14BrF3N6S. The second kappa shape index (κ2) is 7.78. The zero-order valence-corrected chi connectivity index (χ0v) is 16.0. The highest BCUT2D eigenvalue weighted by Crippen LogP contribution is 2.29. The van der Waals surface area contributed by atoms with Crippen molar-refractivity contribution in [3.63, 3.8) is 0 Å². The third-order valence-electron chi connectivity index (χ3n) is 3.54. The number of tetrazole rings is 1. The number of hydrogen-bond donors (Lipinski definition) is 0. The average molecular weight is 447 g/mol. The Morgan fingerprint density at radius 1 is 1.19 bits per heavy atom. The fourth-order valence-electron chi connectivity index (χ4n) is 2.38. The molecular weight excluding hydrogens is 433 g/mol. The summed E-state index contributed by atoms with van der Waals surface area (Å²) in [5, 5.41) is 11.1. The SMILES string of the molecule is CCn1c(-c2ccc(Br)cc2)cnc1SCc1nnnn1CC(F)(F)F. The van der Waals surface area contributed by atoms with Crippen molar-refractivity contribution in [2.45, 2.75) is 37.1 Å². The molecule has 138 valence electrons. The van der Waals surface area contributed by atoms with Crippen LogP contribution in [0, 0.1) is 0 Å². The molecule has 0 radical (unpaired) electrons. The van der Waals surface area contributed by atoms with Crippen LogP contribution in [0.25, 0.3) is 11.3 Å². The highest BCUT2D eigenvalue weighted by molar-refractivity contribution is 9.10. The Kier molecular flexibility index (Phi) is 5.66. The molecule has 0 aliphatic heterocycles. The topological polar surface area (TPSA) is 61.4 Å². The maximum absolute atomic E-state index is 12.6. The van der Waals surface area contributed by atoms with Crippen molar-refractivity contribution >= 4 is 27.7 Å².